The maximum Gasteiger partial charge on any atom is 1.00 e. The summed E-state index contributed by atoms with van der Waals surface area (Å²) in [5, 5.41) is 15.4. The standard InChI is InChI=1S/C6H6O.CH3O.Na/c7-6-4-2-1-3-5-6;1-2;/h1-5,7H;2H,1H2;/q;-1;+1. The number of rotatable bonds is 0. The van der Waals surface area contributed by atoms with Gasteiger partial charge in [0.05, 0.1) is 0 Å². The number of benzene rings is 1. The minimum absolute atomic E-state index is 0. The van der Waals surface area contributed by atoms with Crippen LogP contribution in [0.3, 0.4) is 0 Å². The second-order valence-electron chi connectivity index (χ2n) is 1.34. The molecule has 0 saturated heterocycles. The zero-order chi connectivity index (χ0) is 7.11. The fraction of sp³-hybridized carbons (Fsp3) is 0. The third-order valence-corrected chi connectivity index (χ3v) is 0.756. The Hall–Kier alpha value is -0.0200. The summed E-state index contributed by atoms with van der Waals surface area (Å²) in [7, 11) is 2.25. The van der Waals surface area contributed by atoms with Gasteiger partial charge in [-0.05, 0) is 12.1 Å². The van der Waals surface area contributed by atoms with E-state index in [0.29, 0.717) is 5.75 Å². The van der Waals surface area contributed by atoms with E-state index in [1.807, 2.05) is 6.07 Å². The van der Waals surface area contributed by atoms with Crippen molar-refractivity contribution in [3.8, 4) is 5.75 Å². The van der Waals surface area contributed by atoms with Gasteiger partial charge in [-0.3, -0.25) is 0 Å². The summed E-state index contributed by atoms with van der Waals surface area (Å²) in [5.74, 6) is 0.322. The third kappa shape index (κ3) is 6.11. The predicted molar refractivity (Wildman–Crippen MR) is 35.4 cm³/mol. The van der Waals surface area contributed by atoms with Crippen molar-refractivity contribution in [1.29, 1.82) is 0 Å². The molecule has 0 spiro atoms. The monoisotopic (exact) mass is 148 g/mol. The van der Waals surface area contributed by atoms with Crippen molar-refractivity contribution in [3.63, 3.8) is 0 Å². The Kier molecular flexibility index (Phi) is 11.3. The predicted octanol–water partition coefficient (Wildman–Crippen LogP) is -1.45. The molecular formula is C7H9NaO2. The van der Waals surface area contributed by atoms with E-state index < -0.39 is 0 Å². The van der Waals surface area contributed by atoms with Gasteiger partial charge in [0, 0.05) is 0 Å². The Labute approximate surface area is 82.8 Å². The number of hydrogen-bond donors (Lipinski definition) is 2. The first-order valence-electron chi connectivity index (χ1n) is 2.45. The van der Waals surface area contributed by atoms with Crippen LogP contribution >= 0.6 is 0 Å². The summed E-state index contributed by atoms with van der Waals surface area (Å²) in [6.07, 6.45) is 0. The molecule has 1 aromatic rings. The zero-order valence-electron chi connectivity index (χ0n) is 5.99. The molecule has 0 aromatic heterocycles. The van der Waals surface area contributed by atoms with Crippen LogP contribution in [0, 0.1) is 7.11 Å². The van der Waals surface area contributed by atoms with Crippen LogP contribution in [-0.2, 0) is 0 Å². The molecule has 1 rings (SSSR count). The summed E-state index contributed by atoms with van der Waals surface area (Å²) in [5.41, 5.74) is 0. The molecule has 0 radical (unpaired) electrons. The van der Waals surface area contributed by atoms with E-state index in [9.17, 15) is 0 Å². The van der Waals surface area contributed by atoms with Crippen molar-refractivity contribution in [1.82, 2.24) is 0 Å². The Morgan fingerprint density at radius 3 is 1.60 bits per heavy atom. The molecule has 0 aliphatic rings. The van der Waals surface area contributed by atoms with Gasteiger partial charge in [-0.2, -0.15) is 0 Å². The topological polar surface area (TPSA) is 40.5 Å². The van der Waals surface area contributed by atoms with Crippen LogP contribution in [-0.4, -0.2) is 10.2 Å². The van der Waals surface area contributed by atoms with E-state index in [1.54, 1.807) is 24.3 Å². The Morgan fingerprint density at radius 1 is 1.00 bits per heavy atom. The third-order valence-electron chi connectivity index (χ3n) is 0.756. The summed E-state index contributed by atoms with van der Waals surface area (Å²) in [6, 6.07) is 8.71. The quantitative estimate of drug-likeness (QED) is 0.349. The smallest absolute Gasteiger partial charge is 0.569 e. The molecule has 0 atom stereocenters. The van der Waals surface area contributed by atoms with Gasteiger partial charge in [0.2, 0.25) is 0 Å². The van der Waals surface area contributed by atoms with Crippen LogP contribution in [0.15, 0.2) is 30.3 Å². The molecule has 0 aliphatic carbocycles. The average molecular weight is 148 g/mol. The molecular weight excluding hydrogens is 139 g/mol. The molecule has 10 heavy (non-hydrogen) atoms. The normalized spacial score (nSPS) is 6.60. The summed E-state index contributed by atoms with van der Waals surface area (Å²) < 4.78 is 0. The Balaban J connectivity index is 0. The van der Waals surface area contributed by atoms with Crippen LogP contribution in [0.25, 0.3) is 0 Å². The molecule has 0 fully saturated rings. The van der Waals surface area contributed by atoms with Gasteiger partial charge in [0.25, 0.3) is 0 Å². The Morgan fingerprint density at radius 2 is 1.40 bits per heavy atom. The zero-order valence-corrected chi connectivity index (χ0v) is 7.99. The number of aliphatic hydroxyl groups excluding tert-OH is 1. The van der Waals surface area contributed by atoms with Crippen molar-refractivity contribution in [3.05, 3.63) is 37.4 Å². The molecule has 3 heteroatoms. The minimum atomic E-state index is 0. The van der Waals surface area contributed by atoms with Crippen molar-refractivity contribution in [2.45, 2.75) is 0 Å². The van der Waals surface area contributed by atoms with E-state index >= 15 is 0 Å². The number of phenolic OH excluding ortho intramolecular Hbond substituents is 1. The molecule has 2 N–H and O–H groups in total. The molecule has 0 bridgehead atoms. The molecule has 1 aromatic carbocycles. The van der Waals surface area contributed by atoms with E-state index in [-0.39, 0.29) is 29.6 Å². The Bertz CT molecular complexity index is 142. The van der Waals surface area contributed by atoms with E-state index in [2.05, 4.69) is 7.11 Å². The number of para-hydroxylation sites is 1. The first-order valence-corrected chi connectivity index (χ1v) is 2.45. The van der Waals surface area contributed by atoms with Crippen LogP contribution in [0.1, 0.15) is 0 Å². The number of aromatic hydroxyl groups is 1. The van der Waals surface area contributed by atoms with Crippen molar-refractivity contribution in [2.24, 2.45) is 0 Å². The molecule has 0 aliphatic heterocycles. The van der Waals surface area contributed by atoms with Gasteiger partial charge in [0.1, 0.15) is 5.75 Å². The van der Waals surface area contributed by atoms with Gasteiger partial charge in [-0.15, -0.1) is 0 Å². The SMILES string of the molecule is Oc1ccccc1.[CH2-]O.[Na+]. The minimum Gasteiger partial charge on any atom is -0.569 e. The van der Waals surface area contributed by atoms with Crippen LogP contribution in [0.4, 0.5) is 0 Å². The van der Waals surface area contributed by atoms with Gasteiger partial charge in [-0.1, -0.05) is 18.2 Å². The second-order valence-corrected chi connectivity index (χ2v) is 1.34. The molecule has 0 amide bonds. The summed E-state index contributed by atoms with van der Waals surface area (Å²) in [4.78, 5) is 0. The van der Waals surface area contributed by atoms with E-state index in [4.69, 9.17) is 10.2 Å². The van der Waals surface area contributed by atoms with Gasteiger partial charge in [0.15, 0.2) is 0 Å². The maximum absolute atomic E-state index is 8.63. The number of hydrogen-bond acceptors (Lipinski definition) is 2. The molecule has 2 nitrogen and oxygen atoms in total. The number of aliphatic hydroxyl groups is 1. The maximum atomic E-state index is 8.63. The van der Waals surface area contributed by atoms with Gasteiger partial charge < -0.3 is 10.2 Å². The van der Waals surface area contributed by atoms with Crippen LogP contribution in [0.2, 0.25) is 0 Å². The van der Waals surface area contributed by atoms with Crippen molar-refractivity contribution < 1.29 is 39.8 Å². The molecule has 0 unspecified atom stereocenters. The average Bonchev–Trinajstić information content (AvgIpc) is 1.94. The van der Waals surface area contributed by atoms with Gasteiger partial charge in [-0.25, -0.2) is 7.11 Å². The van der Waals surface area contributed by atoms with Gasteiger partial charge >= 0.3 is 29.6 Å². The van der Waals surface area contributed by atoms with Crippen molar-refractivity contribution >= 4 is 0 Å². The van der Waals surface area contributed by atoms with E-state index in [1.165, 1.54) is 0 Å². The van der Waals surface area contributed by atoms with Crippen LogP contribution in [0.5, 0.6) is 5.75 Å². The summed E-state index contributed by atoms with van der Waals surface area (Å²) in [6.45, 7) is 0. The van der Waals surface area contributed by atoms with E-state index in [0.717, 1.165) is 0 Å². The first kappa shape index (κ1) is 12.6. The van der Waals surface area contributed by atoms with Crippen LogP contribution < -0.4 is 29.6 Å². The molecule has 50 valence electrons. The molecule has 0 heterocycles. The fourth-order valence-corrected chi connectivity index (χ4v) is 0.428. The fourth-order valence-electron chi connectivity index (χ4n) is 0.428. The molecule has 0 saturated carbocycles. The number of phenols is 1. The largest absolute Gasteiger partial charge is 1.00 e. The summed E-state index contributed by atoms with van der Waals surface area (Å²) >= 11 is 0. The second kappa shape index (κ2) is 8.98. The first-order chi connectivity index (χ1) is 4.39. The van der Waals surface area contributed by atoms with Crippen molar-refractivity contribution in [2.75, 3.05) is 0 Å².